The fraction of sp³-hybridized carbons (Fsp3) is 0.273. The van der Waals surface area contributed by atoms with Gasteiger partial charge < -0.3 is 4.74 Å². The van der Waals surface area contributed by atoms with Crippen LogP contribution in [-0.4, -0.2) is 17.3 Å². The number of nitrogens with zero attached hydrogens (tertiary/aromatic N) is 2. The number of aromatic nitrogens is 1. The summed E-state index contributed by atoms with van der Waals surface area (Å²) in [7, 11) is 0. The van der Waals surface area contributed by atoms with Crippen LogP contribution in [0.1, 0.15) is 33.3 Å². The van der Waals surface area contributed by atoms with Gasteiger partial charge in [-0.25, -0.2) is 4.98 Å². The lowest BCUT2D eigenvalue weighted by molar-refractivity contribution is 0.376. The number of benzene rings is 2. The summed E-state index contributed by atoms with van der Waals surface area (Å²) in [5.41, 5.74) is 7.41. The molecular weight excluding hydrogens is 354 g/mol. The van der Waals surface area contributed by atoms with Crippen LogP contribution in [0.3, 0.4) is 0 Å². The first-order chi connectivity index (χ1) is 12.9. The lowest BCUT2D eigenvalue weighted by Crippen LogP contribution is -2.10. The minimum atomic E-state index is 0.154. The first-order valence-electron chi connectivity index (χ1n) is 8.95. The Morgan fingerprint density at radius 2 is 1.78 bits per heavy atom. The second-order valence-corrected chi connectivity index (χ2v) is 8.28. The van der Waals surface area contributed by atoms with Crippen LogP contribution in [0.25, 0.3) is 11.3 Å². The number of rotatable bonds is 6. The van der Waals surface area contributed by atoms with Crippen molar-refractivity contribution in [1.29, 1.82) is 0 Å². The van der Waals surface area contributed by atoms with Gasteiger partial charge in [-0.2, -0.15) is 5.10 Å². The summed E-state index contributed by atoms with van der Waals surface area (Å²) in [6.45, 7) is 9.01. The molecule has 3 aromatic rings. The highest BCUT2D eigenvalue weighted by molar-refractivity contribution is 7.14. The molecule has 3 rings (SSSR count). The van der Waals surface area contributed by atoms with Crippen LogP contribution in [0.15, 0.2) is 65.1 Å². The summed E-state index contributed by atoms with van der Waals surface area (Å²) in [6.07, 6.45) is 0. The molecule has 0 unspecified atom stereocenters. The molecule has 5 heteroatoms. The first kappa shape index (κ1) is 19.1. The summed E-state index contributed by atoms with van der Waals surface area (Å²) in [5.74, 6) is 0.835. The number of nitrogens with one attached hydrogen (secondary N) is 1. The summed E-state index contributed by atoms with van der Waals surface area (Å²) in [5, 5.41) is 7.16. The Morgan fingerprint density at radius 3 is 2.44 bits per heavy atom. The zero-order chi connectivity index (χ0) is 19.3. The first-order valence-corrected chi connectivity index (χ1v) is 9.83. The number of ether oxygens (including phenoxy) is 1. The van der Waals surface area contributed by atoms with E-state index in [1.807, 2.05) is 42.6 Å². The van der Waals surface area contributed by atoms with Crippen molar-refractivity contribution >= 4 is 22.2 Å². The molecule has 0 saturated carbocycles. The van der Waals surface area contributed by atoms with E-state index in [1.165, 1.54) is 5.56 Å². The van der Waals surface area contributed by atoms with Crippen molar-refractivity contribution in [3.8, 4) is 17.0 Å². The monoisotopic (exact) mass is 379 g/mol. The van der Waals surface area contributed by atoms with Gasteiger partial charge in [0.05, 0.1) is 11.4 Å². The number of para-hydroxylation sites is 1. The fourth-order valence-electron chi connectivity index (χ4n) is 2.48. The van der Waals surface area contributed by atoms with Crippen LogP contribution in [0.4, 0.5) is 5.13 Å². The maximum Gasteiger partial charge on any atom is 0.203 e. The van der Waals surface area contributed by atoms with E-state index in [4.69, 9.17) is 4.74 Å². The summed E-state index contributed by atoms with van der Waals surface area (Å²) >= 11 is 1.54. The number of thiazole rings is 1. The van der Waals surface area contributed by atoms with E-state index in [-0.39, 0.29) is 5.41 Å². The zero-order valence-corrected chi connectivity index (χ0v) is 17.0. The van der Waals surface area contributed by atoms with E-state index in [0.717, 1.165) is 27.9 Å². The van der Waals surface area contributed by atoms with Crippen molar-refractivity contribution in [1.82, 2.24) is 4.98 Å². The molecule has 4 nitrogen and oxygen atoms in total. The summed E-state index contributed by atoms with van der Waals surface area (Å²) < 4.78 is 5.68. The second-order valence-electron chi connectivity index (χ2n) is 7.43. The number of hydrazone groups is 1. The van der Waals surface area contributed by atoms with Gasteiger partial charge in [0.2, 0.25) is 5.13 Å². The maximum atomic E-state index is 5.68. The van der Waals surface area contributed by atoms with E-state index in [0.29, 0.717) is 6.61 Å². The van der Waals surface area contributed by atoms with Gasteiger partial charge in [0.25, 0.3) is 0 Å². The molecule has 0 amide bonds. The largest absolute Gasteiger partial charge is 0.488 e. The third kappa shape index (κ3) is 5.41. The van der Waals surface area contributed by atoms with Crippen LogP contribution in [0.2, 0.25) is 0 Å². The molecule has 1 heterocycles. The van der Waals surface area contributed by atoms with Crippen molar-refractivity contribution in [2.75, 3.05) is 12.0 Å². The third-order valence-corrected chi connectivity index (χ3v) is 4.83. The lowest BCUT2D eigenvalue weighted by Gasteiger charge is -2.18. The Hall–Kier alpha value is -2.66. The molecule has 0 fully saturated rings. The number of hydrogen-bond donors (Lipinski definition) is 1. The topological polar surface area (TPSA) is 46.5 Å². The molecule has 0 bridgehead atoms. The average Bonchev–Trinajstić information content (AvgIpc) is 3.14. The van der Waals surface area contributed by atoms with Crippen LogP contribution < -0.4 is 10.2 Å². The molecule has 0 aliphatic heterocycles. The van der Waals surface area contributed by atoms with Gasteiger partial charge in [0.15, 0.2) is 0 Å². The van der Waals surface area contributed by atoms with Crippen LogP contribution in [0, 0.1) is 0 Å². The average molecular weight is 380 g/mol. The quantitative estimate of drug-likeness (QED) is 0.424. The van der Waals surface area contributed by atoms with Gasteiger partial charge in [0.1, 0.15) is 12.4 Å². The van der Waals surface area contributed by atoms with Crippen molar-refractivity contribution in [3.63, 3.8) is 0 Å². The number of anilines is 1. The lowest BCUT2D eigenvalue weighted by atomic mass is 9.86. The second kappa shape index (κ2) is 8.35. The maximum absolute atomic E-state index is 5.68. The molecule has 0 spiro atoms. The Bertz CT molecular complexity index is 893. The Labute approximate surface area is 164 Å². The fourth-order valence-corrected chi connectivity index (χ4v) is 3.14. The van der Waals surface area contributed by atoms with Crippen LogP contribution in [0.5, 0.6) is 5.75 Å². The molecular formula is C22H25N3OS. The minimum Gasteiger partial charge on any atom is -0.488 e. The molecule has 0 atom stereocenters. The van der Waals surface area contributed by atoms with Gasteiger partial charge in [0, 0.05) is 10.9 Å². The molecule has 0 aliphatic rings. The van der Waals surface area contributed by atoms with Crippen molar-refractivity contribution in [2.24, 2.45) is 5.10 Å². The highest BCUT2D eigenvalue weighted by atomic mass is 32.1. The Kier molecular flexibility index (Phi) is 5.91. The zero-order valence-electron chi connectivity index (χ0n) is 16.2. The Balaban J connectivity index is 1.59. The Morgan fingerprint density at radius 1 is 1.07 bits per heavy atom. The van der Waals surface area contributed by atoms with Crippen molar-refractivity contribution in [3.05, 3.63) is 65.5 Å². The van der Waals surface area contributed by atoms with Gasteiger partial charge in [-0.3, -0.25) is 5.43 Å². The van der Waals surface area contributed by atoms with Crippen LogP contribution >= 0.6 is 11.3 Å². The summed E-state index contributed by atoms with van der Waals surface area (Å²) in [4.78, 5) is 4.62. The minimum absolute atomic E-state index is 0.154. The number of hydrogen-bond acceptors (Lipinski definition) is 5. The predicted molar refractivity (Wildman–Crippen MR) is 115 cm³/mol. The molecule has 0 radical (unpaired) electrons. The van der Waals surface area contributed by atoms with Gasteiger partial charge >= 0.3 is 0 Å². The standard InChI is InChI=1S/C22H25N3OS/c1-16(14-26-19-8-6-5-7-9-19)24-25-21-23-20(15-27-21)17-10-12-18(13-11-17)22(2,3)4/h5-13,15H,14H2,1-4H3,(H,23,25)/b24-16+. The van der Waals surface area contributed by atoms with Crippen LogP contribution in [-0.2, 0) is 5.41 Å². The highest BCUT2D eigenvalue weighted by Crippen LogP contribution is 2.28. The molecule has 2 aromatic carbocycles. The predicted octanol–water partition coefficient (Wildman–Crippen LogP) is 5.97. The van der Waals surface area contributed by atoms with E-state index in [1.54, 1.807) is 11.3 Å². The SMILES string of the molecule is C/C(COc1ccccc1)=N\Nc1nc(-c2ccc(C(C)(C)C)cc2)cs1. The smallest absolute Gasteiger partial charge is 0.203 e. The van der Waals surface area contributed by atoms with Gasteiger partial charge in [-0.1, -0.05) is 63.2 Å². The molecule has 1 N–H and O–H groups in total. The van der Waals surface area contributed by atoms with Gasteiger partial charge in [-0.05, 0) is 30.0 Å². The summed E-state index contributed by atoms with van der Waals surface area (Å²) in [6, 6.07) is 18.3. The van der Waals surface area contributed by atoms with E-state index in [2.05, 4.69) is 60.5 Å². The highest BCUT2D eigenvalue weighted by Gasteiger charge is 2.13. The molecule has 140 valence electrons. The molecule has 0 saturated heterocycles. The molecule has 1 aromatic heterocycles. The molecule has 27 heavy (non-hydrogen) atoms. The van der Waals surface area contributed by atoms with Crippen molar-refractivity contribution < 1.29 is 4.74 Å². The van der Waals surface area contributed by atoms with E-state index < -0.39 is 0 Å². The van der Waals surface area contributed by atoms with E-state index >= 15 is 0 Å². The van der Waals surface area contributed by atoms with Crippen molar-refractivity contribution in [2.45, 2.75) is 33.1 Å². The van der Waals surface area contributed by atoms with E-state index in [9.17, 15) is 0 Å². The third-order valence-electron chi connectivity index (χ3n) is 4.08. The van der Waals surface area contributed by atoms with Gasteiger partial charge in [-0.15, -0.1) is 11.3 Å². The normalized spacial score (nSPS) is 12.1. The molecule has 0 aliphatic carbocycles.